The second kappa shape index (κ2) is 7.51. The molecule has 0 atom stereocenters. The van der Waals surface area contributed by atoms with E-state index in [9.17, 15) is 13.2 Å². The lowest BCUT2D eigenvalue weighted by atomic mass is 9.99. The summed E-state index contributed by atoms with van der Waals surface area (Å²) in [4.78, 5) is 16.8. The van der Waals surface area contributed by atoms with E-state index < -0.39 is 16.2 Å². The number of pyridine rings is 1. The number of nitrogens with zero attached hydrogens (tertiary/aromatic N) is 2. The van der Waals surface area contributed by atoms with E-state index in [1.807, 2.05) is 0 Å². The molecule has 1 aromatic carbocycles. The van der Waals surface area contributed by atoms with Crippen LogP contribution < -0.4 is 14.3 Å². The fourth-order valence-corrected chi connectivity index (χ4v) is 5.34. The molecular weight excluding hydrogens is 388 g/mol. The van der Waals surface area contributed by atoms with Crippen molar-refractivity contribution in [3.63, 3.8) is 0 Å². The average molecular weight is 413 g/mol. The molecule has 0 radical (unpaired) electrons. The van der Waals surface area contributed by atoms with Gasteiger partial charge in [-0.25, -0.2) is 13.8 Å². The molecule has 29 heavy (non-hydrogen) atoms. The molecule has 2 amide bonds. The summed E-state index contributed by atoms with van der Waals surface area (Å²) in [6.45, 7) is 5.27. The lowest BCUT2D eigenvalue weighted by Gasteiger charge is -2.22. The van der Waals surface area contributed by atoms with E-state index in [2.05, 4.69) is 27.7 Å². The van der Waals surface area contributed by atoms with Gasteiger partial charge in [-0.3, -0.25) is 4.98 Å². The average Bonchev–Trinajstić information content (AvgIpc) is 3.32. The van der Waals surface area contributed by atoms with E-state index in [0.717, 1.165) is 65.8 Å². The summed E-state index contributed by atoms with van der Waals surface area (Å²) in [5.41, 5.74) is 6.46. The number of aryl methyl sites for hydroxylation is 3. The Hall–Kier alpha value is -2.87. The summed E-state index contributed by atoms with van der Waals surface area (Å²) in [6.07, 6.45) is 8.64. The molecule has 8 heteroatoms. The molecular formula is C21H24N4O3S. The SMILES string of the molecule is C=CN(c1cccnc1C)S(=O)(=O)NC(=O)Nc1c2c(cc3c1CCC3)CCC2. The number of carbonyl (C=O) groups is 1. The van der Waals surface area contributed by atoms with Crippen LogP contribution >= 0.6 is 0 Å². The number of hydrogen-bond donors (Lipinski definition) is 2. The molecule has 2 aliphatic rings. The monoisotopic (exact) mass is 412 g/mol. The van der Waals surface area contributed by atoms with Crippen molar-refractivity contribution in [2.24, 2.45) is 0 Å². The summed E-state index contributed by atoms with van der Waals surface area (Å²) in [7, 11) is -4.18. The Morgan fingerprint density at radius 1 is 1.17 bits per heavy atom. The standard InChI is InChI=1S/C21H24N4O3S/c1-3-25(19-11-6-12-22-14(19)2)29(27,28)24-21(26)23-20-17-9-4-7-15(17)13-16-8-5-10-18(16)20/h3,6,11-13H,1,4-5,7-10H2,2H3,(H2,23,24,26). The summed E-state index contributed by atoms with van der Waals surface area (Å²) in [5, 5.41) is 2.84. The van der Waals surface area contributed by atoms with Gasteiger partial charge in [-0.1, -0.05) is 12.6 Å². The molecule has 1 heterocycles. The number of carbonyl (C=O) groups excluding carboxylic acids is 1. The van der Waals surface area contributed by atoms with E-state index in [-0.39, 0.29) is 0 Å². The number of fused-ring (bicyclic) bond motifs is 2. The predicted molar refractivity (Wildman–Crippen MR) is 113 cm³/mol. The minimum absolute atomic E-state index is 0.337. The molecule has 4 rings (SSSR count). The maximum atomic E-state index is 12.8. The van der Waals surface area contributed by atoms with Gasteiger partial charge >= 0.3 is 16.2 Å². The topological polar surface area (TPSA) is 91.4 Å². The second-order valence-electron chi connectivity index (χ2n) is 7.38. The molecule has 0 unspecified atom stereocenters. The van der Waals surface area contributed by atoms with Crippen LogP contribution in [-0.4, -0.2) is 19.4 Å². The lowest BCUT2D eigenvalue weighted by Crippen LogP contribution is -2.43. The van der Waals surface area contributed by atoms with Crippen LogP contribution in [0.5, 0.6) is 0 Å². The minimum atomic E-state index is -4.18. The van der Waals surface area contributed by atoms with Crippen molar-refractivity contribution in [1.82, 2.24) is 9.71 Å². The van der Waals surface area contributed by atoms with E-state index >= 15 is 0 Å². The highest BCUT2D eigenvalue weighted by Crippen LogP contribution is 2.38. The fraction of sp³-hybridized carbons (Fsp3) is 0.333. The molecule has 2 aliphatic carbocycles. The minimum Gasteiger partial charge on any atom is -0.307 e. The van der Waals surface area contributed by atoms with Gasteiger partial charge in [0.15, 0.2) is 0 Å². The smallest absolute Gasteiger partial charge is 0.307 e. The van der Waals surface area contributed by atoms with Crippen LogP contribution in [0.1, 0.15) is 40.8 Å². The Bertz CT molecular complexity index is 1060. The number of benzene rings is 1. The summed E-state index contributed by atoms with van der Waals surface area (Å²) in [6, 6.07) is 4.73. The van der Waals surface area contributed by atoms with Gasteiger partial charge in [0.25, 0.3) is 0 Å². The van der Waals surface area contributed by atoms with Gasteiger partial charge in [-0.15, -0.1) is 0 Å². The van der Waals surface area contributed by atoms with Crippen molar-refractivity contribution in [1.29, 1.82) is 0 Å². The molecule has 0 saturated carbocycles. The zero-order valence-corrected chi connectivity index (χ0v) is 17.2. The van der Waals surface area contributed by atoms with Gasteiger partial charge in [-0.2, -0.15) is 8.42 Å². The Kier molecular flexibility index (Phi) is 5.04. The molecule has 2 N–H and O–H groups in total. The van der Waals surface area contributed by atoms with Crippen molar-refractivity contribution in [2.75, 3.05) is 9.62 Å². The van der Waals surface area contributed by atoms with Crippen LogP contribution in [0.4, 0.5) is 16.2 Å². The summed E-state index contributed by atoms with van der Waals surface area (Å²) >= 11 is 0. The number of nitrogens with one attached hydrogen (secondary N) is 2. The molecule has 1 aromatic heterocycles. The first-order chi connectivity index (χ1) is 13.9. The van der Waals surface area contributed by atoms with E-state index in [0.29, 0.717) is 11.4 Å². The number of aromatic nitrogens is 1. The number of hydrogen-bond acceptors (Lipinski definition) is 4. The largest absolute Gasteiger partial charge is 0.334 e. The van der Waals surface area contributed by atoms with E-state index in [1.165, 1.54) is 11.1 Å². The van der Waals surface area contributed by atoms with Gasteiger partial charge in [0.05, 0.1) is 11.4 Å². The first kappa shape index (κ1) is 19.4. The number of anilines is 2. The Balaban J connectivity index is 1.59. The van der Waals surface area contributed by atoms with Gasteiger partial charge < -0.3 is 5.32 Å². The third-order valence-corrected chi connectivity index (χ3v) is 6.88. The Labute approximate surface area is 171 Å². The van der Waals surface area contributed by atoms with E-state index in [4.69, 9.17) is 0 Å². The second-order valence-corrected chi connectivity index (χ2v) is 8.93. The Morgan fingerprint density at radius 3 is 2.41 bits per heavy atom. The van der Waals surface area contributed by atoms with Crippen LogP contribution in [-0.2, 0) is 35.9 Å². The van der Waals surface area contributed by atoms with Crippen LogP contribution in [0.15, 0.2) is 37.2 Å². The van der Waals surface area contributed by atoms with Gasteiger partial charge in [0, 0.05) is 18.1 Å². The molecule has 0 fully saturated rings. The molecule has 0 bridgehead atoms. The molecule has 0 saturated heterocycles. The third kappa shape index (κ3) is 3.60. The molecule has 7 nitrogen and oxygen atoms in total. The number of rotatable bonds is 5. The predicted octanol–water partition coefficient (Wildman–Crippen LogP) is 3.38. The highest BCUT2D eigenvalue weighted by atomic mass is 32.2. The Morgan fingerprint density at radius 2 is 1.83 bits per heavy atom. The highest BCUT2D eigenvalue weighted by molar-refractivity contribution is 7.91. The zero-order valence-electron chi connectivity index (χ0n) is 16.4. The zero-order chi connectivity index (χ0) is 20.6. The van der Waals surface area contributed by atoms with Crippen molar-refractivity contribution in [3.05, 3.63) is 65.1 Å². The first-order valence-corrected chi connectivity index (χ1v) is 11.2. The van der Waals surface area contributed by atoms with Crippen LogP contribution in [0.2, 0.25) is 0 Å². The summed E-state index contributed by atoms with van der Waals surface area (Å²) < 4.78 is 28.7. The number of amides is 2. The van der Waals surface area contributed by atoms with Crippen molar-refractivity contribution in [3.8, 4) is 0 Å². The van der Waals surface area contributed by atoms with E-state index in [1.54, 1.807) is 25.3 Å². The molecule has 152 valence electrons. The maximum Gasteiger partial charge on any atom is 0.334 e. The first-order valence-electron chi connectivity index (χ1n) is 9.74. The van der Waals surface area contributed by atoms with Crippen LogP contribution in [0.25, 0.3) is 0 Å². The third-order valence-electron chi connectivity index (χ3n) is 5.57. The van der Waals surface area contributed by atoms with Crippen molar-refractivity contribution < 1.29 is 13.2 Å². The van der Waals surface area contributed by atoms with Crippen molar-refractivity contribution in [2.45, 2.75) is 45.4 Å². The van der Waals surface area contributed by atoms with Crippen molar-refractivity contribution >= 4 is 27.6 Å². The fourth-order valence-electron chi connectivity index (χ4n) is 4.31. The molecule has 2 aromatic rings. The highest BCUT2D eigenvalue weighted by Gasteiger charge is 2.28. The summed E-state index contributed by atoms with van der Waals surface area (Å²) in [5.74, 6) is 0. The lowest BCUT2D eigenvalue weighted by molar-refractivity contribution is 0.256. The molecule has 0 spiro atoms. The quantitative estimate of drug-likeness (QED) is 0.788. The number of urea groups is 1. The van der Waals surface area contributed by atoms with Crippen LogP contribution in [0.3, 0.4) is 0 Å². The van der Waals surface area contributed by atoms with Gasteiger partial charge in [-0.05, 0) is 79.8 Å². The van der Waals surface area contributed by atoms with Crippen LogP contribution in [0, 0.1) is 6.92 Å². The van der Waals surface area contributed by atoms with Gasteiger partial charge in [0.2, 0.25) is 0 Å². The maximum absolute atomic E-state index is 12.8. The van der Waals surface area contributed by atoms with Gasteiger partial charge in [0.1, 0.15) is 0 Å². The normalized spacial score (nSPS) is 14.8. The molecule has 0 aliphatic heterocycles.